The first kappa shape index (κ1) is 15.2. The van der Waals surface area contributed by atoms with E-state index in [2.05, 4.69) is 22.0 Å². The van der Waals surface area contributed by atoms with Crippen LogP contribution in [0.4, 0.5) is 0 Å². The predicted octanol–water partition coefficient (Wildman–Crippen LogP) is 3.79. The van der Waals surface area contributed by atoms with Gasteiger partial charge >= 0.3 is 0 Å². The van der Waals surface area contributed by atoms with Crippen molar-refractivity contribution in [3.05, 3.63) is 52.5 Å². The lowest BCUT2D eigenvalue weighted by Crippen LogP contribution is -2.09. The molecule has 108 valence electrons. The molecule has 0 spiro atoms. The number of ether oxygens (including phenoxy) is 3. The molecule has 4 nitrogen and oxygen atoms in total. The average molecular weight is 348 g/mol. The average Bonchev–Trinajstić information content (AvgIpc) is 2.53. The fraction of sp³-hybridized carbons (Fsp3) is 0.188. The maximum atomic E-state index is 8.96. The van der Waals surface area contributed by atoms with Crippen LogP contribution >= 0.6 is 15.9 Å². The Bertz CT molecular complexity index is 652. The summed E-state index contributed by atoms with van der Waals surface area (Å²) in [6, 6.07) is 14.7. The topological polar surface area (TPSA) is 51.5 Å². The van der Waals surface area contributed by atoms with E-state index in [0.29, 0.717) is 30.3 Å². The Kier molecular flexibility index (Phi) is 5.47. The van der Waals surface area contributed by atoms with Crippen LogP contribution in [0.5, 0.6) is 17.2 Å². The first-order chi connectivity index (χ1) is 10.2. The second-order valence-electron chi connectivity index (χ2n) is 4.10. The lowest BCUT2D eigenvalue weighted by atomic mass is 10.2. The minimum absolute atomic E-state index is 0.358. The molecule has 0 N–H and O–H groups in total. The molecule has 0 aliphatic rings. The van der Waals surface area contributed by atoms with Gasteiger partial charge in [-0.15, -0.1) is 0 Å². The first-order valence-electron chi connectivity index (χ1n) is 6.33. The van der Waals surface area contributed by atoms with Gasteiger partial charge in [0.05, 0.1) is 17.1 Å². The van der Waals surface area contributed by atoms with E-state index in [0.717, 1.165) is 10.2 Å². The summed E-state index contributed by atoms with van der Waals surface area (Å²) in [4.78, 5) is 0. The summed E-state index contributed by atoms with van der Waals surface area (Å²) < 4.78 is 17.1. The third-order valence-corrected chi connectivity index (χ3v) is 3.36. The largest absolute Gasteiger partial charge is 0.497 e. The lowest BCUT2D eigenvalue weighted by molar-refractivity contribution is 0.216. The number of rotatable bonds is 6. The van der Waals surface area contributed by atoms with Crippen LogP contribution in [0.3, 0.4) is 0 Å². The number of halogens is 1. The summed E-state index contributed by atoms with van der Waals surface area (Å²) in [7, 11) is 1.61. The molecule has 0 saturated heterocycles. The fourth-order valence-electron chi connectivity index (χ4n) is 1.71. The molecule has 0 heterocycles. The SMILES string of the molecule is COc1ccc(OCCOc2ccccc2C#N)c(Br)c1. The number of methoxy groups -OCH3 is 1. The lowest BCUT2D eigenvalue weighted by Gasteiger charge is -2.11. The monoisotopic (exact) mass is 347 g/mol. The van der Waals surface area contributed by atoms with Gasteiger partial charge in [0.25, 0.3) is 0 Å². The van der Waals surface area contributed by atoms with Crippen LogP contribution in [0.25, 0.3) is 0 Å². The van der Waals surface area contributed by atoms with E-state index in [9.17, 15) is 0 Å². The van der Waals surface area contributed by atoms with Crippen molar-refractivity contribution in [3.63, 3.8) is 0 Å². The summed E-state index contributed by atoms with van der Waals surface area (Å²) in [5, 5.41) is 8.96. The first-order valence-corrected chi connectivity index (χ1v) is 7.12. The van der Waals surface area contributed by atoms with E-state index in [-0.39, 0.29) is 0 Å². The van der Waals surface area contributed by atoms with Gasteiger partial charge in [0.15, 0.2) is 0 Å². The van der Waals surface area contributed by atoms with Gasteiger partial charge in [-0.2, -0.15) is 5.26 Å². The Morgan fingerprint density at radius 3 is 2.43 bits per heavy atom. The van der Waals surface area contributed by atoms with Crippen LogP contribution in [0.15, 0.2) is 46.9 Å². The van der Waals surface area contributed by atoms with Gasteiger partial charge in [0.1, 0.15) is 36.5 Å². The van der Waals surface area contributed by atoms with Crippen molar-refractivity contribution < 1.29 is 14.2 Å². The van der Waals surface area contributed by atoms with Crippen LogP contribution in [0.1, 0.15) is 5.56 Å². The minimum atomic E-state index is 0.358. The normalized spacial score (nSPS) is 9.76. The van der Waals surface area contributed by atoms with Gasteiger partial charge < -0.3 is 14.2 Å². The van der Waals surface area contributed by atoms with Gasteiger partial charge in [0, 0.05) is 0 Å². The Morgan fingerprint density at radius 2 is 1.76 bits per heavy atom. The number of hydrogen-bond donors (Lipinski definition) is 0. The van der Waals surface area contributed by atoms with Crippen LogP contribution in [0, 0.1) is 11.3 Å². The van der Waals surface area contributed by atoms with Crippen LogP contribution in [0.2, 0.25) is 0 Å². The number of hydrogen-bond acceptors (Lipinski definition) is 4. The second kappa shape index (κ2) is 7.55. The molecule has 0 saturated carbocycles. The zero-order valence-corrected chi connectivity index (χ0v) is 13.1. The Labute approximate surface area is 132 Å². The smallest absolute Gasteiger partial charge is 0.137 e. The highest BCUT2D eigenvalue weighted by Crippen LogP contribution is 2.29. The van der Waals surface area contributed by atoms with E-state index in [1.54, 1.807) is 25.3 Å². The van der Waals surface area contributed by atoms with Gasteiger partial charge in [-0.05, 0) is 46.3 Å². The van der Waals surface area contributed by atoms with Crippen LogP contribution in [-0.2, 0) is 0 Å². The Morgan fingerprint density at radius 1 is 1.05 bits per heavy atom. The molecule has 2 aromatic rings. The third-order valence-electron chi connectivity index (χ3n) is 2.75. The summed E-state index contributed by atoms with van der Waals surface area (Å²) in [5.74, 6) is 2.04. The zero-order valence-electron chi connectivity index (χ0n) is 11.5. The molecule has 0 unspecified atom stereocenters. The molecule has 0 bridgehead atoms. The number of benzene rings is 2. The van der Waals surface area contributed by atoms with Crippen molar-refractivity contribution in [2.24, 2.45) is 0 Å². The van der Waals surface area contributed by atoms with Crippen molar-refractivity contribution in [3.8, 4) is 23.3 Å². The summed E-state index contributed by atoms with van der Waals surface area (Å²) in [6.45, 7) is 0.738. The molecule has 2 rings (SSSR count). The Balaban J connectivity index is 1.86. The molecule has 0 fully saturated rings. The molecule has 0 aliphatic carbocycles. The molecule has 0 aromatic heterocycles. The van der Waals surface area contributed by atoms with E-state index in [4.69, 9.17) is 19.5 Å². The highest BCUT2D eigenvalue weighted by atomic mass is 79.9. The number of nitrogens with zero attached hydrogens (tertiary/aromatic N) is 1. The molecule has 0 radical (unpaired) electrons. The molecular weight excluding hydrogens is 334 g/mol. The van der Waals surface area contributed by atoms with Gasteiger partial charge in [-0.3, -0.25) is 0 Å². The molecule has 0 atom stereocenters. The standard InChI is InChI=1S/C16H14BrNO3/c1-19-13-6-7-16(14(17)10-13)21-9-8-20-15-5-3-2-4-12(15)11-18/h2-7,10H,8-9H2,1H3. The highest BCUT2D eigenvalue weighted by Gasteiger charge is 2.04. The van der Waals surface area contributed by atoms with Gasteiger partial charge in [-0.1, -0.05) is 12.1 Å². The molecule has 21 heavy (non-hydrogen) atoms. The third kappa shape index (κ3) is 4.14. The van der Waals surface area contributed by atoms with E-state index >= 15 is 0 Å². The quantitative estimate of drug-likeness (QED) is 0.746. The van der Waals surface area contributed by atoms with Crippen molar-refractivity contribution in [2.75, 3.05) is 20.3 Å². The van der Waals surface area contributed by atoms with E-state index in [1.165, 1.54) is 0 Å². The van der Waals surface area contributed by atoms with Crippen molar-refractivity contribution in [2.45, 2.75) is 0 Å². The van der Waals surface area contributed by atoms with E-state index < -0.39 is 0 Å². The molecule has 5 heteroatoms. The minimum Gasteiger partial charge on any atom is -0.497 e. The van der Waals surface area contributed by atoms with Crippen molar-refractivity contribution >= 4 is 15.9 Å². The second-order valence-corrected chi connectivity index (χ2v) is 4.96. The van der Waals surface area contributed by atoms with Crippen LogP contribution in [-0.4, -0.2) is 20.3 Å². The number of nitriles is 1. The van der Waals surface area contributed by atoms with Crippen molar-refractivity contribution in [1.29, 1.82) is 5.26 Å². The van der Waals surface area contributed by atoms with Crippen molar-refractivity contribution in [1.82, 2.24) is 0 Å². The number of para-hydroxylation sites is 1. The molecule has 0 amide bonds. The van der Waals surface area contributed by atoms with Crippen LogP contribution < -0.4 is 14.2 Å². The summed E-state index contributed by atoms with van der Waals surface area (Å²) in [6.07, 6.45) is 0. The molecule has 2 aromatic carbocycles. The maximum absolute atomic E-state index is 8.96. The zero-order chi connectivity index (χ0) is 15.1. The fourth-order valence-corrected chi connectivity index (χ4v) is 2.19. The maximum Gasteiger partial charge on any atom is 0.137 e. The van der Waals surface area contributed by atoms with Gasteiger partial charge in [-0.25, -0.2) is 0 Å². The Hall–Kier alpha value is -2.19. The summed E-state index contributed by atoms with van der Waals surface area (Å²) in [5.41, 5.74) is 0.517. The highest BCUT2D eigenvalue weighted by molar-refractivity contribution is 9.10. The molecular formula is C16H14BrNO3. The van der Waals surface area contributed by atoms with E-state index in [1.807, 2.05) is 24.3 Å². The van der Waals surface area contributed by atoms with Gasteiger partial charge in [0.2, 0.25) is 0 Å². The summed E-state index contributed by atoms with van der Waals surface area (Å²) >= 11 is 3.42. The molecule has 0 aliphatic heterocycles. The predicted molar refractivity (Wildman–Crippen MR) is 82.8 cm³/mol.